The zero-order valence-electron chi connectivity index (χ0n) is 10.6. The third-order valence-electron chi connectivity index (χ3n) is 2.80. The molecule has 1 unspecified atom stereocenters. The number of benzene rings is 1. The van der Waals surface area contributed by atoms with Gasteiger partial charge in [-0.25, -0.2) is 8.42 Å². The Kier molecular flexibility index (Phi) is 5.59. The highest BCUT2D eigenvalue weighted by atomic mass is 35.5. The van der Waals surface area contributed by atoms with Gasteiger partial charge in [-0.3, -0.25) is 4.90 Å². The lowest BCUT2D eigenvalue weighted by Crippen LogP contribution is -2.33. The Morgan fingerprint density at radius 1 is 1.44 bits per heavy atom. The summed E-state index contributed by atoms with van der Waals surface area (Å²) in [7, 11) is -1.10. The van der Waals surface area contributed by atoms with Crippen LogP contribution < -0.4 is 5.73 Å². The maximum absolute atomic E-state index is 11.2. The van der Waals surface area contributed by atoms with Crippen molar-refractivity contribution in [1.29, 1.82) is 0 Å². The predicted octanol–water partition coefficient (Wildman–Crippen LogP) is 1.32. The quantitative estimate of drug-likeness (QED) is 0.858. The van der Waals surface area contributed by atoms with E-state index in [0.29, 0.717) is 18.1 Å². The van der Waals surface area contributed by atoms with Gasteiger partial charge in [-0.05, 0) is 24.7 Å². The van der Waals surface area contributed by atoms with Crippen molar-refractivity contribution < 1.29 is 8.42 Å². The lowest BCUT2D eigenvalue weighted by atomic mass is 10.1. The van der Waals surface area contributed by atoms with Crippen LogP contribution in [0.4, 0.5) is 0 Å². The molecule has 1 aromatic carbocycles. The van der Waals surface area contributed by atoms with E-state index in [2.05, 4.69) is 0 Å². The third-order valence-corrected chi connectivity index (χ3v) is 3.96. The molecule has 0 aliphatic heterocycles. The van der Waals surface area contributed by atoms with Crippen molar-refractivity contribution in [2.45, 2.75) is 6.04 Å². The van der Waals surface area contributed by atoms with Crippen LogP contribution in [0.3, 0.4) is 0 Å². The molecule has 2 N–H and O–H groups in total. The number of hydrogen-bond donors (Lipinski definition) is 1. The molecule has 1 aromatic rings. The second-order valence-corrected chi connectivity index (χ2v) is 7.11. The summed E-state index contributed by atoms with van der Waals surface area (Å²) in [5.74, 6) is 0.126. The minimum absolute atomic E-state index is 0.0227. The van der Waals surface area contributed by atoms with Crippen molar-refractivity contribution in [2.75, 3.05) is 32.1 Å². The molecule has 0 saturated carbocycles. The molecule has 0 aromatic heterocycles. The van der Waals surface area contributed by atoms with Gasteiger partial charge in [0.2, 0.25) is 0 Å². The second-order valence-electron chi connectivity index (χ2n) is 4.42. The van der Waals surface area contributed by atoms with Crippen LogP contribution in [0.2, 0.25) is 5.02 Å². The molecule has 1 rings (SSSR count). The van der Waals surface area contributed by atoms with Crippen molar-refractivity contribution >= 4 is 21.4 Å². The van der Waals surface area contributed by atoms with E-state index in [1.807, 2.05) is 30.1 Å². The molecule has 18 heavy (non-hydrogen) atoms. The number of sulfone groups is 1. The molecule has 0 amide bonds. The highest BCUT2D eigenvalue weighted by Gasteiger charge is 2.17. The van der Waals surface area contributed by atoms with Crippen LogP contribution in [-0.4, -0.2) is 45.5 Å². The van der Waals surface area contributed by atoms with Crippen molar-refractivity contribution in [3.05, 3.63) is 34.9 Å². The number of nitrogens with zero attached hydrogens (tertiary/aromatic N) is 1. The Morgan fingerprint density at radius 3 is 2.61 bits per heavy atom. The van der Waals surface area contributed by atoms with Gasteiger partial charge < -0.3 is 5.73 Å². The van der Waals surface area contributed by atoms with Crippen LogP contribution in [0, 0.1) is 0 Å². The first-order chi connectivity index (χ1) is 8.33. The van der Waals surface area contributed by atoms with Crippen LogP contribution >= 0.6 is 11.6 Å². The zero-order chi connectivity index (χ0) is 13.8. The molecule has 0 spiro atoms. The van der Waals surface area contributed by atoms with E-state index in [-0.39, 0.29) is 11.8 Å². The van der Waals surface area contributed by atoms with Crippen LogP contribution in [0.25, 0.3) is 0 Å². The Labute approximate surface area is 114 Å². The predicted molar refractivity (Wildman–Crippen MR) is 75.6 cm³/mol. The Balaban J connectivity index is 2.77. The molecule has 0 saturated heterocycles. The Morgan fingerprint density at radius 2 is 2.11 bits per heavy atom. The van der Waals surface area contributed by atoms with Crippen molar-refractivity contribution in [3.8, 4) is 0 Å². The van der Waals surface area contributed by atoms with Gasteiger partial charge in [0.25, 0.3) is 0 Å². The Bertz CT molecular complexity index is 491. The molecule has 0 heterocycles. The summed E-state index contributed by atoms with van der Waals surface area (Å²) >= 11 is 5.95. The average Bonchev–Trinajstić information content (AvgIpc) is 2.26. The lowest BCUT2D eigenvalue weighted by Gasteiger charge is -2.27. The molecular formula is C12H19ClN2O2S. The third kappa shape index (κ3) is 4.94. The van der Waals surface area contributed by atoms with Crippen molar-refractivity contribution in [1.82, 2.24) is 4.90 Å². The van der Waals surface area contributed by atoms with Gasteiger partial charge >= 0.3 is 0 Å². The number of likely N-dealkylation sites (N-methyl/N-ethyl adjacent to an activating group) is 1. The lowest BCUT2D eigenvalue weighted by molar-refractivity contribution is 0.264. The number of hydrogen-bond acceptors (Lipinski definition) is 4. The number of rotatable bonds is 6. The van der Waals surface area contributed by atoms with E-state index < -0.39 is 9.84 Å². The van der Waals surface area contributed by atoms with Gasteiger partial charge in [0, 0.05) is 30.4 Å². The van der Waals surface area contributed by atoms with Gasteiger partial charge in [-0.1, -0.05) is 23.7 Å². The van der Waals surface area contributed by atoms with Gasteiger partial charge in [0.05, 0.1) is 5.75 Å². The molecule has 4 nitrogen and oxygen atoms in total. The first kappa shape index (κ1) is 15.4. The fraction of sp³-hybridized carbons (Fsp3) is 0.500. The van der Waals surface area contributed by atoms with E-state index in [1.165, 1.54) is 6.26 Å². The van der Waals surface area contributed by atoms with Crippen LogP contribution in [0.5, 0.6) is 0 Å². The van der Waals surface area contributed by atoms with Crippen LogP contribution in [-0.2, 0) is 9.84 Å². The average molecular weight is 291 g/mol. The number of halogens is 1. The molecule has 0 radical (unpaired) electrons. The maximum atomic E-state index is 11.2. The van der Waals surface area contributed by atoms with Gasteiger partial charge in [-0.2, -0.15) is 0 Å². The van der Waals surface area contributed by atoms with Gasteiger partial charge in [-0.15, -0.1) is 0 Å². The van der Waals surface area contributed by atoms with Crippen LogP contribution in [0.15, 0.2) is 24.3 Å². The molecule has 102 valence electrons. The maximum Gasteiger partial charge on any atom is 0.148 e. The summed E-state index contributed by atoms with van der Waals surface area (Å²) in [5.41, 5.74) is 6.76. The largest absolute Gasteiger partial charge is 0.329 e. The minimum atomic E-state index is -2.96. The molecular weight excluding hydrogens is 272 g/mol. The molecule has 0 aliphatic carbocycles. The van der Waals surface area contributed by atoms with E-state index in [0.717, 1.165) is 5.56 Å². The highest BCUT2D eigenvalue weighted by Crippen LogP contribution is 2.21. The summed E-state index contributed by atoms with van der Waals surface area (Å²) in [6.45, 7) is 0.869. The first-order valence-corrected chi connectivity index (χ1v) is 8.11. The summed E-state index contributed by atoms with van der Waals surface area (Å²) in [6, 6.07) is 7.45. The normalized spacial score (nSPS) is 13.8. The topological polar surface area (TPSA) is 63.4 Å². The van der Waals surface area contributed by atoms with E-state index >= 15 is 0 Å². The fourth-order valence-electron chi connectivity index (χ4n) is 1.75. The highest BCUT2D eigenvalue weighted by molar-refractivity contribution is 7.90. The summed E-state index contributed by atoms with van der Waals surface area (Å²) in [6.07, 6.45) is 1.23. The summed E-state index contributed by atoms with van der Waals surface area (Å²) in [4.78, 5) is 1.94. The smallest absolute Gasteiger partial charge is 0.148 e. The Hall–Kier alpha value is -0.620. The van der Waals surface area contributed by atoms with Crippen molar-refractivity contribution in [3.63, 3.8) is 0 Å². The monoisotopic (exact) mass is 290 g/mol. The molecule has 0 bridgehead atoms. The van der Waals surface area contributed by atoms with E-state index in [9.17, 15) is 8.42 Å². The van der Waals surface area contributed by atoms with Crippen LogP contribution in [0.1, 0.15) is 11.6 Å². The van der Waals surface area contributed by atoms with E-state index in [1.54, 1.807) is 6.07 Å². The zero-order valence-corrected chi connectivity index (χ0v) is 12.2. The number of nitrogens with two attached hydrogens (primary N) is 1. The fourth-order valence-corrected chi connectivity index (χ4v) is 2.57. The standard InChI is InChI=1S/C12H19ClN2O2S/c1-15(6-7-18(2,16)17)12(9-14)10-4-3-5-11(13)8-10/h3-5,8,12H,6-7,9,14H2,1-2H3. The molecule has 0 aliphatic rings. The minimum Gasteiger partial charge on any atom is -0.329 e. The molecule has 0 fully saturated rings. The summed E-state index contributed by atoms with van der Waals surface area (Å²) in [5, 5.41) is 0.655. The van der Waals surface area contributed by atoms with Gasteiger partial charge in [0.1, 0.15) is 9.84 Å². The van der Waals surface area contributed by atoms with Crippen molar-refractivity contribution in [2.24, 2.45) is 5.73 Å². The SMILES string of the molecule is CN(CCS(C)(=O)=O)C(CN)c1cccc(Cl)c1. The van der Waals surface area contributed by atoms with Gasteiger partial charge in [0.15, 0.2) is 0 Å². The first-order valence-electron chi connectivity index (χ1n) is 5.67. The molecule has 1 atom stereocenters. The summed E-state index contributed by atoms with van der Waals surface area (Å²) < 4.78 is 22.3. The second kappa shape index (κ2) is 6.52. The van der Waals surface area contributed by atoms with E-state index in [4.69, 9.17) is 17.3 Å². The molecule has 6 heteroatoms.